The molecule has 2 aromatic carbocycles. The van der Waals surface area contributed by atoms with Crippen LogP contribution in [0.25, 0.3) is 10.9 Å². The molecule has 1 N–H and O–H groups in total. The lowest BCUT2D eigenvalue weighted by Crippen LogP contribution is -2.49. The fourth-order valence-corrected chi connectivity index (χ4v) is 5.46. The van der Waals surface area contributed by atoms with Crippen molar-refractivity contribution in [3.63, 3.8) is 0 Å². The maximum absolute atomic E-state index is 13.1. The van der Waals surface area contributed by atoms with Gasteiger partial charge in [-0.3, -0.25) is 4.79 Å². The maximum Gasteiger partial charge on any atom is 0.243 e. The number of amides is 1. The minimum atomic E-state index is -3.64. The molecule has 1 aromatic heterocycles. The van der Waals surface area contributed by atoms with Gasteiger partial charge < -0.3 is 19.7 Å². The number of aromatic nitrogens is 2. The first-order chi connectivity index (χ1) is 15.9. The van der Waals surface area contributed by atoms with Crippen LogP contribution in [-0.2, 0) is 14.8 Å². The van der Waals surface area contributed by atoms with Gasteiger partial charge in [-0.25, -0.2) is 18.4 Å². The summed E-state index contributed by atoms with van der Waals surface area (Å²) in [6, 6.07) is 9.93. The highest BCUT2D eigenvalue weighted by Gasteiger charge is 2.30. The smallest absolute Gasteiger partial charge is 0.243 e. The van der Waals surface area contributed by atoms with Gasteiger partial charge in [-0.05, 0) is 30.3 Å². The Balaban J connectivity index is 1.34. The molecular formula is C22H23N5O5S. The molecule has 2 aliphatic heterocycles. The van der Waals surface area contributed by atoms with Crippen molar-refractivity contribution in [1.29, 1.82) is 0 Å². The number of anilines is 2. The van der Waals surface area contributed by atoms with Crippen molar-refractivity contribution in [2.45, 2.75) is 11.8 Å². The van der Waals surface area contributed by atoms with Crippen molar-refractivity contribution in [3.05, 3.63) is 42.7 Å². The van der Waals surface area contributed by atoms with Gasteiger partial charge in [0, 0.05) is 50.2 Å². The monoisotopic (exact) mass is 469 g/mol. The number of fused-ring (bicyclic) bond motifs is 2. The van der Waals surface area contributed by atoms with Crippen molar-refractivity contribution >= 4 is 38.3 Å². The summed E-state index contributed by atoms with van der Waals surface area (Å²) >= 11 is 0. The Hall–Kier alpha value is -3.44. The lowest BCUT2D eigenvalue weighted by atomic mass is 10.2. The number of hydrogen-bond donors (Lipinski definition) is 1. The first-order valence-electron chi connectivity index (χ1n) is 10.6. The third kappa shape index (κ3) is 4.16. The van der Waals surface area contributed by atoms with Gasteiger partial charge in [0.15, 0.2) is 11.5 Å². The van der Waals surface area contributed by atoms with Gasteiger partial charge in [0.2, 0.25) is 15.9 Å². The number of ether oxygens (including phenoxy) is 2. The van der Waals surface area contributed by atoms with Gasteiger partial charge in [0.25, 0.3) is 0 Å². The zero-order chi connectivity index (χ0) is 23.0. The zero-order valence-corrected chi connectivity index (χ0v) is 18.8. The molecular weight excluding hydrogens is 446 g/mol. The van der Waals surface area contributed by atoms with E-state index in [2.05, 4.69) is 20.2 Å². The molecule has 172 valence electrons. The maximum atomic E-state index is 13.1. The highest BCUT2D eigenvalue weighted by atomic mass is 32.2. The van der Waals surface area contributed by atoms with Crippen LogP contribution in [0, 0.1) is 0 Å². The van der Waals surface area contributed by atoms with Crippen LogP contribution in [0.3, 0.4) is 0 Å². The number of sulfonamides is 1. The van der Waals surface area contributed by atoms with E-state index in [0.29, 0.717) is 56.6 Å². The van der Waals surface area contributed by atoms with E-state index in [4.69, 9.17) is 9.47 Å². The van der Waals surface area contributed by atoms with E-state index in [1.165, 1.54) is 29.7 Å². The van der Waals surface area contributed by atoms with E-state index in [0.717, 1.165) is 16.7 Å². The van der Waals surface area contributed by atoms with Gasteiger partial charge in [-0.2, -0.15) is 4.31 Å². The Labute approximate surface area is 191 Å². The highest BCUT2D eigenvalue weighted by Crippen LogP contribution is 2.37. The SMILES string of the molecule is CC(=O)Nc1ccc(S(=O)(=O)N2CCN(c3ncnc4cc5c(cc34)OCCO5)CC2)cc1. The molecule has 2 aliphatic rings. The fraction of sp³-hybridized carbons (Fsp3) is 0.318. The van der Waals surface area contributed by atoms with Crippen molar-refractivity contribution < 1.29 is 22.7 Å². The summed E-state index contributed by atoms with van der Waals surface area (Å²) in [4.78, 5) is 22.3. The summed E-state index contributed by atoms with van der Waals surface area (Å²) in [5, 5.41) is 3.48. The van der Waals surface area contributed by atoms with E-state index >= 15 is 0 Å². The van der Waals surface area contributed by atoms with Crippen LogP contribution in [0.15, 0.2) is 47.6 Å². The second-order valence-corrected chi connectivity index (χ2v) is 9.74. The number of benzene rings is 2. The summed E-state index contributed by atoms with van der Waals surface area (Å²) in [6.07, 6.45) is 1.51. The Bertz CT molecular complexity index is 1300. The highest BCUT2D eigenvalue weighted by molar-refractivity contribution is 7.89. The van der Waals surface area contributed by atoms with Crippen LogP contribution >= 0.6 is 0 Å². The molecule has 0 aliphatic carbocycles. The number of hydrogen-bond acceptors (Lipinski definition) is 8. The number of nitrogens with zero attached hydrogens (tertiary/aromatic N) is 4. The molecule has 0 unspecified atom stereocenters. The molecule has 5 rings (SSSR count). The van der Waals surface area contributed by atoms with Gasteiger partial charge >= 0.3 is 0 Å². The van der Waals surface area contributed by atoms with Crippen LogP contribution in [0.1, 0.15) is 6.92 Å². The molecule has 1 fully saturated rings. The second-order valence-electron chi connectivity index (χ2n) is 7.81. The minimum absolute atomic E-state index is 0.196. The Morgan fingerprint density at radius 3 is 2.30 bits per heavy atom. The normalized spacial score (nSPS) is 16.6. The number of piperazine rings is 1. The first-order valence-corrected chi connectivity index (χ1v) is 12.0. The fourth-order valence-electron chi connectivity index (χ4n) is 4.03. The molecule has 1 amide bonds. The summed E-state index contributed by atoms with van der Waals surface area (Å²) in [6.45, 7) is 4.03. The van der Waals surface area contributed by atoms with Crippen molar-refractivity contribution in [2.24, 2.45) is 0 Å². The Kier molecular flexibility index (Phi) is 5.51. The second kappa shape index (κ2) is 8.49. The number of rotatable bonds is 4. The third-order valence-electron chi connectivity index (χ3n) is 5.63. The van der Waals surface area contributed by atoms with E-state index in [9.17, 15) is 13.2 Å². The van der Waals surface area contributed by atoms with Crippen molar-refractivity contribution in [1.82, 2.24) is 14.3 Å². The molecule has 0 saturated carbocycles. The van der Waals surface area contributed by atoms with Crippen LogP contribution < -0.4 is 19.7 Å². The van der Waals surface area contributed by atoms with Crippen LogP contribution in [0.2, 0.25) is 0 Å². The molecule has 11 heteroatoms. The third-order valence-corrected chi connectivity index (χ3v) is 7.54. The van der Waals surface area contributed by atoms with Gasteiger partial charge in [0.1, 0.15) is 25.4 Å². The summed E-state index contributed by atoms with van der Waals surface area (Å²) in [5.41, 5.74) is 1.30. The lowest BCUT2D eigenvalue weighted by molar-refractivity contribution is -0.114. The Morgan fingerprint density at radius 2 is 1.64 bits per heavy atom. The lowest BCUT2D eigenvalue weighted by Gasteiger charge is -2.35. The molecule has 0 radical (unpaired) electrons. The van der Waals surface area contributed by atoms with Crippen molar-refractivity contribution in [2.75, 3.05) is 49.6 Å². The van der Waals surface area contributed by atoms with E-state index in [-0.39, 0.29) is 10.8 Å². The average Bonchev–Trinajstić information content (AvgIpc) is 2.82. The first kappa shape index (κ1) is 21.4. The predicted octanol–water partition coefficient (Wildman–Crippen LogP) is 1.87. The van der Waals surface area contributed by atoms with Gasteiger partial charge in [-0.1, -0.05) is 0 Å². The summed E-state index contributed by atoms with van der Waals surface area (Å²) < 4.78 is 39.0. The quantitative estimate of drug-likeness (QED) is 0.616. The summed E-state index contributed by atoms with van der Waals surface area (Å²) in [7, 11) is -3.64. The van der Waals surface area contributed by atoms with Crippen LogP contribution in [0.5, 0.6) is 11.5 Å². The van der Waals surface area contributed by atoms with E-state index < -0.39 is 10.0 Å². The summed E-state index contributed by atoms with van der Waals surface area (Å²) in [5.74, 6) is 1.86. The topological polar surface area (TPSA) is 114 Å². The van der Waals surface area contributed by atoms with Crippen LogP contribution in [-0.4, -0.2) is 68.0 Å². The zero-order valence-electron chi connectivity index (χ0n) is 18.0. The van der Waals surface area contributed by atoms with Gasteiger partial charge in [0.05, 0.1) is 10.4 Å². The molecule has 0 atom stereocenters. The minimum Gasteiger partial charge on any atom is -0.486 e. The van der Waals surface area contributed by atoms with E-state index in [1.807, 2.05) is 12.1 Å². The molecule has 0 spiro atoms. The molecule has 3 aromatic rings. The largest absolute Gasteiger partial charge is 0.486 e. The van der Waals surface area contributed by atoms with E-state index in [1.54, 1.807) is 12.1 Å². The molecule has 33 heavy (non-hydrogen) atoms. The Morgan fingerprint density at radius 1 is 0.970 bits per heavy atom. The number of carbonyl (C=O) groups excluding carboxylic acids is 1. The van der Waals surface area contributed by atoms with Crippen molar-refractivity contribution in [3.8, 4) is 11.5 Å². The predicted molar refractivity (Wildman–Crippen MR) is 122 cm³/mol. The number of nitrogens with one attached hydrogen (secondary N) is 1. The molecule has 10 nitrogen and oxygen atoms in total. The van der Waals surface area contributed by atoms with Gasteiger partial charge in [-0.15, -0.1) is 0 Å². The standard InChI is InChI=1S/C22H23N5O5S/c1-15(28)25-16-2-4-17(5-3-16)33(29,30)27-8-6-26(7-9-27)22-18-12-20-21(32-11-10-31-20)13-19(18)23-14-24-22/h2-5,12-14H,6-11H2,1H3,(H,25,28). The average molecular weight is 470 g/mol. The molecule has 3 heterocycles. The van der Waals surface area contributed by atoms with Crippen LogP contribution in [0.4, 0.5) is 11.5 Å². The molecule has 1 saturated heterocycles. The number of carbonyl (C=O) groups is 1. The molecule has 0 bridgehead atoms.